The molecule has 2 N–H and O–H groups in total. The van der Waals surface area contributed by atoms with Crippen LogP contribution in [-0.4, -0.2) is 17.5 Å². The highest BCUT2D eigenvalue weighted by Gasteiger charge is 1.84. The van der Waals surface area contributed by atoms with Crippen LogP contribution in [0.25, 0.3) is 0 Å². The van der Waals surface area contributed by atoms with Crippen LogP contribution in [0.2, 0.25) is 0 Å². The number of nitrogens with zero attached hydrogens (tertiary/aromatic N) is 1. The second kappa shape index (κ2) is 5.24. The molecule has 0 saturated carbocycles. The highest BCUT2D eigenvalue weighted by Crippen LogP contribution is 1.59. The van der Waals surface area contributed by atoms with Gasteiger partial charge in [-0.05, 0) is 0 Å². The minimum atomic E-state index is -4.67. The van der Waals surface area contributed by atoms with Crippen molar-refractivity contribution >= 4 is 10.4 Å². The maximum absolute atomic E-state index is 8.74. The average Bonchev–Trinajstić information content (AvgIpc) is 1.61. The summed E-state index contributed by atoms with van der Waals surface area (Å²) in [6, 6.07) is 1.69. The van der Waals surface area contributed by atoms with Gasteiger partial charge in [-0.1, -0.05) is 6.58 Å². The average molecular weight is 151 g/mol. The molecule has 0 radical (unpaired) electrons. The normalized spacial score (nSPS) is 8.11. The Morgan fingerprint density at radius 3 is 1.67 bits per heavy atom. The highest BCUT2D eigenvalue weighted by molar-refractivity contribution is 7.79. The van der Waals surface area contributed by atoms with E-state index >= 15 is 0 Å². The van der Waals surface area contributed by atoms with E-state index in [1.54, 1.807) is 6.07 Å². The molecular weight excluding hydrogens is 146 g/mol. The first-order valence-corrected chi connectivity index (χ1v) is 3.02. The summed E-state index contributed by atoms with van der Waals surface area (Å²) >= 11 is 0. The second-order valence-electron chi connectivity index (χ2n) is 0.781. The van der Waals surface area contributed by atoms with Crippen LogP contribution >= 0.6 is 0 Å². The van der Waals surface area contributed by atoms with E-state index in [2.05, 4.69) is 6.58 Å². The number of allylic oxidation sites excluding steroid dienone is 1. The molecule has 0 aromatic heterocycles. The Morgan fingerprint density at radius 1 is 1.56 bits per heavy atom. The molecule has 52 valence electrons. The number of hydrogen-bond acceptors (Lipinski definition) is 3. The van der Waals surface area contributed by atoms with E-state index in [9.17, 15) is 0 Å². The molecule has 0 rings (SSSR count). The third-order valence-corrected chi connectivity index (χ3v) is 0.0913. The van der Waals surface area contributed by atoms with E-state index in [4.69, 9.17) is 22.8 Å². The van der Waals surface area contributed by atoms with Crippen molar-refractivity contribution in [3.05, 3.63) is 12.7 Å². The summed E-state index contributed by atoms with van der Waals surface area (Å²) in [5.41, 5.74) is 0. The molecule has 0 aliphatic heterocycles. The Bertz CT molecular complexity index is 190. The van der Waals surface area contributed by atoms with Crippen LogP contribution in [0, 0.1) is 11.3 Å². The Balaban J connectivity index is 0. The fourth-order valence-corrected chi connectivity index (χ4v) is 0. The van der Waals surface area contributed by atoms with Gasteiger partial charge in [0.2, 0.25) is 0 Å². The van der Waals surface area contributed by atoms with Crippen molar-refractivity contribution in [1.29, 1.82) is 5.26 Å². The zero-order valence-electron chi connectivity index (χ0n) is 4.35. The third kappa shape index (κ3) is 18500. The van der Waals surface area contributed by atoms with Crippen LogP contribution in [-0.2, 0) is 10.4 Å². The monoisotopic (exact) mass is 151 g/mol. The van der Waals surface area contributed by atoms with E-state index in [-0.39, 0.29) is 0 Å². The molecule has 0 atom stereocenters. The quantitative estimate of drug-likeness (QED) is 0.376. The Kier molecular flexibility index (Phi) is 6.39. The molecule has 0 heterocycles. The topological polar surface area (TPSA) is 98.4 Å². The van der Waals surface area contributed by atoms with E-state index < -0.39 is 10.4 Å². The van der Waals surface area contributed by atoms with Gasteiger partial charge in [-0.25, -0.2) is 0 Å². The lowest BCUT2D eigenvalue weighted by atomic mass is 10.8. The van der Waals surface area contributed by atoms with Gasteiger partial charge >= 0.3 is 10.4 Å². The molecule has 9 heavy (non-hydrogen) atoms. The summed E-state index contributed by atoms with van der Waals surface area (Å²) in [6.45, 7) is 3.12. The first kappa shape index (κ1) is 11.0. The van der Waals surface area contributed by atoms with Crippen LogP contribution in [0.1, 0.15) is 0 Å². The maximum Gasteiger partial charge on any atom is 0.394 e. The van der Waals surface area contributed by atoms with Crippen molar-refractivity contribution in [2.75, 3.05) is 0 Å². The summed E-state index contributed by atoms with van der Waals surface area (Å²) in [5, 5.41) is 7.51. The largest absolute Gasteiger partial charge is 0.394 e. The summed E-state index contributed by atoms with van der Waals surface area (Å²) in [4.78, 5) is 0. The Hall–Kier alpha value is -0.900. The van der Waals surface area contributed by atoms with Gasteiger partial charge in [-0.2, -0.15) is 13.7 Å². The van der Waals surface area contributed by atoms with E-state index in [0.717, 1.165) is 0 Å². The van der Waals surface area contributed by atoms with Crippen molar-refractivity contribution in [3.63, 3.8) is 0 Å². The smallest absolute Gasteiger partial charge is 0.264 e. The molecule has 0 unspecified atom stereocenters. The van der Waals surface area contributed by atoms with Gasteiger partial charge in [0.1, 0.15) is 0 Å². The zero-order valence-corrected chi connectivity index (χ0v) is 5.17. The summed E-state index contributed by atoms with van der Waals surface area (Å²) in [7, 11) is -4.67. The van der Waals surface area contributed by atoms with Gasteiger partial charge < -0.3 is 0 Å². The molecule has 0 amide bonds. The van der Waals surface area contributed by atoms with Gasteiger partial charge in [0.25, 0.3) is 0 Å². The number of hydrogen-bond donors (Lipinski definition) is 2. The molecular formula is C3H5NO4S. The zero-order chi connectivity index (χ0) is 7.91. The summed E-state index contributed by atoms with van der Waals surface area (Å²) in [6.07, 6.45) is 1.18. The molecule has 0 spiro atoms. The van der Waals surface area contributed by atoms with Gasteiger partial charge in [0.05, 0.1) is 6.07 Å². The molecule has 5 nitrogen and oxygen atoms in total. The van der Waals surface area contributed by atoms with Gasteiger partial charge in [-0.3, -0.25) is 9.11 Å². The van der Waals surface area contributed by atoms with Gasteiger partial charge in [0, 0.05) is 6.08 Å². The first-order chi connectivity index (χ1) is 3.91. The number of rotatable bonds is 0. The van der Waals surface area contributed by atoms with Gasteiger partial charge in [-0.15, -0.1) is 0 Å². The SMILES string of the molecule is C=CC#N.O=S(=O)(O)O. The molecule has 0 bridgehead atoms. The summed E-state index contributed by atoms with van der Waals surface area (Å²) in [5.74, 6) is 0. The van der Waals surface area contributed by atoms with Crippen LogP contribution in [0.4, 0.5) is 0 Å². The molecule has 0 fully saturated rings. The summed E-state index contributed by atoms with van der Waals surface area (Å²) < 4.78 is 31.6. The molecule has 0 saturated heterocycles. The lowest BCUT2D eigenvalue weighted by Gasteiger charge is -1.68. The molecule has 6 heteroatoms. The van der Waals surface area contributed by atoms with E-state index in [1.807, 2.05) is 0 Å². The van der Waals surface area contributed by atoms with Crippen molar-refractivity contribution in [2.24, 2.45) is 0 Å². The van der Waals surface area contributed by atoms with Crippen LogP contribution in [0.5, 0.6) is 0 Å². The lowest BCUT2D eigenvalue weighted by molar-refractivity contribution is 0.381. The van der Waals surface area contributed by atoms with Crippen LogP contribution < -0.4 is 0 Å². The van der Waals surface area contributed by atoms with Gasteiger partial charge in [0.15, 0.2) is 0 Å². The van der Waals surface area contributed by atoms with Crippen LogP contribution in [0.3, 0.4) is 0 Å². The van der Waals surface area contributed by atoms with E-state index in [1.165, 1.54) is 6.08 Å². The van der Waals surface area contributed by atoms with Crippen molar-refractivity contribution in [2.45, 2.75) is 0 Å². The standard InChI is InChI=1S/C3H3N.H2O4S/c1-2-3-4;1-5(2,3)4/h2H,1H2;(H2,1,2,3,4). The van der Waals surface area contributed by atoms with Crippen LogP contribution in [0.15, 0.2) is 12.7 Å². The fraction of sp³-hybridized carbons (Fsp3) is 0. The molecule has 0 aliphatic carbocycles. The minimum Gasteiger partial charge on any atom is -0.264 e. The Labute approximate surface area is 52.8 Å². The molecule has 0 aromatic carbocycles. The first-order valence-electron chi connectivity index (χ1n) is 1.62. The fourth-order valence-electron chi connectivity index (χ4n) is 0. The molecule has 0 aliphatic rings. The second-order valence-corrected chi connectivity index (χ2v) is 1.68. The molecule has 0 aromatic rings. The highest BCUT2D eigenvalue weighted by atomic mass is 32.3. The lowest BCUT2D eigenvalue weighted by Crippen LogP contribution is -1.89. The van der Waals surface area contributed by atoms with Crippen molar-refractivity contribution < 1.29 is 17.5 Å². The minimum absolute atomic E-state index is 1.18. The van der Waals surface area contributed by atoms with E-state index in [0.29, 0.717) is 0 Å². The predicted octanol–water partition coefficient (Wildman–Crippen LogP) is 0.0432. The number of nitriles is 1. The third-order valence-electron chi connectivity index (χ3n) is 0.0913. The Morgan fingerprint density at radius 2 is 1.67 bits per heavy atom. The predicted molar refractivity (Wildman–Crippen MR) is 30.0 cm³/mol. The van der Waals surface area contributed by atoms with Crippen molar-refractivity contribution in [3.8, 4) is 6.07 Å². The maximum atomic E-state index is 8.74. The van der Waals surface area contributed by atoms with Crippen molar-refractivity contribution in [1.82, 2.24) is 0 Å².